The number of rotatable bonds is 12. The molecule has 0 fully saturated rings. The number of ether oxygens (including phenoxy) is 2. The van der Waals surface area contributed by atoms with Gasteiger partial charge in [-0.25, -0.2) is 19.6 Å². The van der Waals surface area contributed by atoms with Crippen LogP contribution in [0.4, 0.5) is 36.6 Å². The second-order valence-electron chi connectivity index (χ2n) is 11.8. The van der Waals surface area contributed by atoms with Gasteiger partial charge in [0.1, 0.15) is 30.2 Å². The lowest BCUT2D eigenvalue weighted by atomic mass is 10.1. The minimum atomic E-state index is -5.08. The summed E-state index contributed by atoms with van der Waals surface area (Å²) in [5, 5.41) is 22.9. The predicted molar refractivity (Wildman–Crippen MR) is 210 cm³/mol. The number of halogens is 6. The first-order valence-electron chi connectivity index (χ1n) is 16.9. The molecule has 8 N–H and O–H groups in total. The first-order chi connectivity index (χ1) is 28.3. The van der Waals surface area contributed by atoms with Crippen LogP contribution in [0.15, 0.2) is 96.4 Å². The van der Waals surface area contributed by atoms with Gasteiger partial charge in [0.05, 0.1) is 10.4 Å². The zero-order valence-electron chi connectivity index (χ0n) is 30.5. The summed E-state index contributed by atoms with van der Waals surface area (Å²) in [6.45, 7) is 1.20. The second kappa shape index (κ2) is 20.7. The number of hydrogen-bond donors (Lipinski definition) is 6. The summed E-state index contributed by atoms with van der Waals surface area (Å²) in [6.07, 6.45) is -10.2. The van der Waals surface area contributed by atoms with Gasteiger partial charge in [0.25, 0.3) is 11.8 Å². The molecule has 14 nitrogen and oxygen atoms in total. The number of hydrogen-bond acceptors (Lipinski definition) is 12. The maximum absolute atomic E-state index is 12.7. The largest absolute Gasteiger partial charge is 0.490 e. The third-order valence-corrected chi connectivity index (χ3v) is 8.98. The van der Waals surface area contributed by atoms with Crippen molar-refractivity contribution in [3.05, 3.63) is 119 Å². The highest BCUT2D eigenvalue weighted by atomic mass is 32.1. The molecule has 2 amide bonds. The predicted octanol–water partition coefficient (Wildman–Crippen LogP) is 7.17. The van der Waals surface area contributed by atoms with Crippen molar-refractivity contribution in [3.8, 4) is 22.8 Å². The molecule has 0 aliphatic rings. The summed E-state index contributed by atoms with van der Waals surface area (Å²) < 4.78 is 76.3. The molecule has 0 aliphatic heterocycles. The van der Waals surface area contributed by atoms with Crippen LogP contribution < -0.4 is 31.6 Å². The molecular weight excluding hydrogens is 847 g/mol. The van der Waals surface area contributed by atoms with Crippen LogP contribution in [0.25, 0.3) is 21.5 Å². The number of nitrogens with one attached hydrogen (secondary N) is 2. The lowest BCUT2D eigenvalue weighted by Gasteiger charge is -2.10. The van der Waals surface area contributed by atoms with E-state index in [0.29, 0.717) is 46.1 Å². The number of nitrogens with two attached hydrogens (primary N) is 2. The molecule has 0 radical (unpaired) electrons. The Kier molecular flexibility index (Phi) is 15.8. The van der Waals surface area contributed by atoms with Crippen molar-refractivity contribution in [2.45, 2.75) is 25.6 Å². The Morgan fingerprint density at radius 1 is 0.667 bits per heavy atom. The smallest absolute Gasteiger partial charge is 0.489 e. The van der Waals surface area contributed by atoms with Gasteiger partial charge >= 0.3 is 24.3 Å². The van der Waals surface area contributed by atoms with Crippen molar-refractivity contribution in [1.29, 1.82) is 0 Å². The maximum Gasteiger partial charge on any atom is 0.490 e. The molecule has 0 spiro atoms. The third-order valence-electron chi connectivity index (χ3n) is 7.46. The van der Waals surface area contributed by atoms with Crippen molar-refractivity contribution in [2.24, 2.45) is 0 Å². The number of para-hydroxylation sites is 1. The van der Waals surface area contributed by atoms with Crippen LogP contribution in [-0.4, -0.2) is 69.4 Å². The van der Waals surface area contributed by atoms with Crippen LogP contribution in [0.3, 0.4) is 0 Å². The number of anilines is 2. The number of carbonyl (C=O) groups excluding carboxylic acids is 2. The van der Waals surface area contributed by atoms with Crippen LogP contribution in [0.5, 0.6) is 11.5 Å². The van der Waals surface area contributed by atoms with E-state index in [-0.39, 0.29) is 24.9 Å². The van der Waals surface area contributed by atoms with Gasteiger partial charge < -0.3 is 41.8 Å². The van der Waals surface area contributed by atoms with E-state index in [1.54, 1.807) is 24.3 Å². The van der Waals surface area contributed by atoms with E-state index < -0.39 is 24.3 Å². The maximum atomic E-state index is 12.7. The normalized spacial score (nSPS) is 11.0. The fourth-order valence-corrected chi connectivity index (χ4v) is 5.96. The molecule has 0 bridgehead atoms. The number of nitrogen functional groups attached to an aromatic ring is 2. The van der Waals surface area contributed by atoms with Crippen LogP contribution in [0, 0.1) is 0 Å². The minimum Gasteiger partial charge on any atom is -0.489 e. The van der Waals surface area contributed by atoms with Crippen LogP contribution in [0.2, 0.25) is 0 Å². The summed E-state index contributed by atoms with van der Waals surface area (Å²) >= 11 is 2.81. The van der Waals surface area contributed by atoms with Crippen molar-refractivity contribution >= 4 is 66.9 Å². The van der Waals surface area contributed by atoms with E-state index in [4.69, 9.17) is 40.7 Å². The van der Waals surface area contributed by atoms with E-state index in [2.05, 4.69) is 20.6 Å². The molecule has 4 aromatic carbocycles. The molecular formula is C38H32F6N6O8S2. The number of aliphatic carboxylic acids is 2. The molecule has 0 atom stereocenters. The number of carbonyl (C=O) groups is 4. The highest BCUT2D eigenvalue weighted by Crippen LogP contribution is 2.31. The average molecular weight is 879 g/mol. The molecule has 2 aromatic heterocycles. The third kappa shape index (κ3) is 14.2. The van der Waals surface area contributed by atoms with E-state index in [1.165, 1.54) is 22.7 Å². The zero-order valence-corrected chi connectivity index (χ0v) is 32.2. The Hall–Kier alpha value is -6.94. The average Bonchev–Trinajstić information content (AvgIpc) is 3.82. The molecule has 60 heavy (non-hydrogen) atoms. The van der Waals surface area contributed by atoms with E-state index in [9.17, 15) is 35.9 Å². The first-order valence-corrected chi connectivity index (χ1v) is 18.6. The number of thiazole rings is 2. The number of alkyl halides is 6. The Morgan fingerprint density at radius 2 is 1.23 bits per heavy atom. The Bertz CT molecular complexity index is 2380. The molecule has 0 aliphatic carbocycles. The standard InChI is InChI=1S/C34H30N6O4S2.2C2HF3O2/c35-33-39-27(20-45-33)23-11-13-26(14-12-23)43-19-22-3-1-4-25(17-22)32(42)38-16-15-37-31(41)24-9-7-21(8-10-24)18-44-28-5-2-6-29-30(28)40-34(36)46-29;2*3-2(4,5)1(6)7/h1-14,17,20H,15-16,18-19H2,(H2,35,39)(H2,36,40)(H,37,41)(H,38,42);2*(H,6,7). The molecule has 6 rings (SSSR count). The van der Waals surface area contributed by atoms with E-state index >= 15 is 0 Å². The summed E-state index contributed by atoms with van der Waals surface area (Å²) in [7, 11) is 0. The monoisotopic (exact) mass is 878 g/mol. The van der Waals surface area contributed by atoms with Gasteiger partial charge in [-0.2, -0.15) is 26.3 Å². The van der Waals surface area contributed by atoms with Gasteiger partial charge in [0, 0.05) is 35.2 Å². The van der Waals surface area contributed by atoms with Gasteiger partial charge in [0.15, 0.2) is 10.3 Å². The van der Waals surface area contributed by atoms with Gasteiger partial charge in [-0.3, -0.25) is 9.59 Å². The highest BCUT2D eigenvalue weighted by Gasteiger charge is 2.38. The summed E-state index contributed by atoms with van der Waals surface area (Å²) in [6, 6.07) is 27.8. The van der Waals surface area contributed by atoms with Crippen molar-refractivity contribution < 1.29 is 65.2 Å². The number of nitrogens with zero attached hydrogens (tertiary/aromatic N) is 2. The van der Waals surface area contributed by atoms with Gasteiger partial charge in [0.2, 0.25) is 0 Å². The van der Waals surface area contributed by atoms with Gasteiger partial charge in [-0.15, -0.1) is 11.3 Å². The van der Waals surface area contributed by atoms with Gasteiger partial charge in [-0.1, -0.05) is 41.7 Å². The fraction of sp³-hybridized carbons (Fsp3) is 0.158. The van der Waals surface area contributed by atoms with Crippen LogP contribution >= 0.6 is 22.7 Å². The number of benzene rings is 4. The van der Waals surface area contributed by atoms with Crippen molar-refractivity contribution in [3.63, 3.8) is 0 Å². The number of amides is 2. The number of aromatic nitrogens is 2. The molecule has 316 valence electrons. The summed E-state index contributed by atoms with van der Waals surface area (Å²) in [5.74, 6) is -4.61. The van der Waals surface area contributed by atoms with E-state index in [1.807, 2.05) is 72.1 Å². The minimum absolute atomic E-state index is 0.229. The van der Waals surface area contributed by atoms with Gasteiger partial charge in [-0.05, 0) is 71.8 Å². The zero-order chi connectivity index (χ0) is 44.0. The van der Waals surface area contributed by atoms with Crippen LogP contribution in [0.1, 0.15) is 31.8 Å². The number of carboxylic acid groups (broad SMARTS) is 2. The first kappa shape index (κ1) is 45.8. The second-order valence-corrected chi connectivity index (χ2v) is 13.8. The molecule has 0 saturated heterocycles. The molecule has 22 heteroatoms. The molecule has 0 unspecified atom stereocenters. The number of carboxylic acids is 2. The SMILES string of the molecule is Nc1nc(-c2ccc(OCc3cccc(C(=O)NCCNC(=O)c4ccc(COc5cccc6sc(N)nc56)cc4)c3)cc2)cs1.O=C(O)C(F)(F)F.O=C(O)C(F)(F)F. The lowest BCUT2D eigenvalue weighted by molar-refractivity contribution is -0.193. The van der Waals surface area contributed by atoms with Crippen LogP contribution in [-0.2, 0) is 22.8 Å². The number of fused-ring (bicyclic) bond motifs is 1. The van der Waals surface area contributed by atoms with E-state index in [0.717, 1.165) is 32.6 Å². The molecule has 2 heterocycles. The molecule has 0 saturated carbocycles. The topological polar surface area (TPSA) is 229 Å². The Labute approximate surface area is 343 Å². The quantitative estimate of drug-likeness (QED) is 0.0531. The van der Waals surface area contributed by atoms with Crippen molar-refractivity contribution in [1.82, 2.24) is 20.6 Å². The highest BCUT2D eigenvalue weighted by molar-refractivity contribution is 7.22. The fourth-order valence-electron chi connectivity index (χ4n) is 4.64. The summed E-state index contributed by atoms with van der Waals surface area (Å²) in [5.41, 5.74) is 16.9. The Morgan fingerprint density at radius 3 is 1.80 bits per heavy atom. The molecule has 6 aromatic rings. The lowest BCUT2D eigenvalue weighted by Crippen LogP contribution is -2.34. The summed E-state index contributed by atoms with van der Waals surface area (Å²) in [4.78, 5) is 51.8. The van der Waals surface area contributed by atoms with Crippen molar-refractivity contribution in [2.75, 3.05) is 24.6 Å². The Balaban J connectivity index is 0.000000488.